The molecule has 0 aliphatic heterocycles. The van der Waals surface area contributed by atoms with Crippen LogP contribution in [0.25, 0.3) is 0 Å². The highest BCUT2D eigenvalue weighted by Gasteiger charge is 2.10. The van der Waals surface area contributed by atoms with Crippen LogP contribution in [-0.4, -0.2) is 26.5 Å². The van der Waals surface area contributed by atoms with Crippen LogP contribution in [0.5, 0.6) is 0 Å². The first kappa shape index (κ1) is 14.3. The van der Waals surface area contributed by atoms with E-state index in [9.17, 15) is 9.18 Å². The fraction of sp³-hybridized carbons (Fsp3) is 0.250. The monoisotopic (exact) mass is 295 g/mol. The second-order valence-corrected chi connectivity index (χ2v) is 5.00. The highest BCUT2D eigenvalue weighted by atomic mass is 32.2. The van der Waals surface area contributed by atoms with Crippen LogP contribution >= 0.6 is 11.8 Å². The van der Waals surface area contributed by atoms with E-state index in [0.717, 1.165) is 0 Å². The first-order valence-corrected chi connectivity index (χ1v) is 6.86. The van der Waals surface area contributed by atoms with Gasteiger partial charge in [-0.25, -0.2) is 9.07 Å². The van der Waals surface area contributed by atoms with Gasteiger partial charge in [0.05, 0.1) is 5.75 Å². The lowest BCUT2D eigenvalue weighted by Crippen LogP contribution is -2.25. The van der Waals surface area contributed by atoms with Crippen LogP contribution in [0.1, 0.15) is 11.4 Å². The predicted molar refractivity (Wildman–Crippen MR) is 73.9 cm³/mol. The number of nitrogens with zero attached hydrogens (tertiary/aromatic N) is 3. The van der Waals surface area contributed by atoms with Gasteiger partial charge < -0.3 is 11.2 Å². The van der Waals surface area contributed by atoms with Gasteiger partial charge in [-0.1, -0.05) is 30.0 Å². The molecular weight excluding hydrogens is 281 g/mol. The summed E-state index contributed by atoms with van der Waals surface area (Å²) in [4.78, 5) is 11.7. The number of benzene rings is 1. The molecule has 0 saturated carbocycles. The highest BCUT2D eigenvalue weighted by Crippen LogP contribution is 2.13. The molecule has 0 bridgehead atoms. The molecule has 1 aromatic heterocycles. The van der Waals surface area contributed by atoms with Crippen molar-refractivity contribution in [2.45, 2.75) is 18.6 Å². The quantitative estimate of drug-likeness (QED) is 0.631. The molecule has 2 aromatic rings. The Balaban J connectivity index is 1.82. The summed E-state index contributed by atoms with van der Waals surface area (Å²) >= 11 is 1.17. The molecule has 0 atom stereocenters. The third kappa shape index (κ3) is 3.47. The second-order valence-electron chi connectivity index (χ2n) is 4.06. The van der Waals surface area contributed by atoms with Crippen LogP contribution in [0.4, 0.5) is 4.39 Å². The molecule has 0 radical (unpaired) electrons. The van der Waals surface area contributed by atoms with Crippen molar-refractivity contribution in [3.8, 4) is 0 Å². The fourth-order valence-electron chi connectivity index (χ4n) is 1.47. The number of carbonyl (C=O) groups is 1. The molecule has 1 heterocycles. The van der Waals surface area contributed by atoms with Gasteiger partial charge in [-0.2, -0.15) is 0 Å². The summed E-state index contributed by atoms with van der Waals surface area (Å²) in [6, 6.07) is 6.31. The maximum Gasteiger partial charge on any atom is 0.230 e. The summed E-state index contributed by atoms with van der Waals surface area (Å²) in [6.07, 6.45) is 0. The van der Waals surface area contributed by atoms with E-state index in [1.165, 1.54) is 22.5 Å². The minimum atomic E-state index is -0.335. The first-order valence-electron chi connectivity index (χ1n) is 5.88. The maximum atomic E-state index is 13.4. The number of nitrogens with two attached hydrogens (primary N) is 1. The number of amides is 1. The van der Waals surface area contributed by atoms with Gasteiger partial charge in [-0.05, 0) is 13.0 Å². The minimum absolute atomic E-state index is 0.143. The normalized spacial score (nSPS) is 10.5. The summed E-state index contributed by atoms with van der Waals surface area (Å²) in [5, 5.41) is 10.7. The summed E-state index contributed by atoms with van der Waals surface area (Å²) in [5.74, 6) is 5.82. The van der Waals surface area contributed by atoms with E-state index in [0.29, 0.717) is 16.5 Å². The number of thioether (sulfide) groups is 1. The number of aromatic nitrogens is 3. The van der Waals surface area contributed by atoms with E-state index in [-0.39, 0.29) is 24.0 Å². The number of aryl methyl sites for hydroxylation is 1. The van der Waals surface area contributed by atoms with Gasteiger partial charge in [-0.3, -0.25) is 4.79 Å². The Morgan fingerprint density at radius 1 is 1.45 bits per heavy atom. The molecular formula is C12H14FN5OS. The maximum absolute atomic E-state index is 13.4. The lowest BCUT2D eigenvalue weighted by Gasteiger charge is -2.06. The van der Waals surface area contributed by atoms with Gasteiger partial charge in [0.15, 0.2) is 0 Å². The number of hydrogen-bond donors (Lipinski definition) is 2. The van der Waals surface area contributed by atoms with Crippen molar-refractivity contribution in [1.29, 1.82) is 0 Å². The molecule has 0 unspecified atom stereocenters. The largest absolute Gasteiger partial charge is 0.351 e. The van der Waals surface area contributed by atoms with Crippen LogP contribution in [0.3, 0.4) is 0 Å². The molecule has 0 spiro atoms. The first-order chi connectivity index (χ1) is 9.58. The molecule has 1 amide bonds. The number of rotatable bonds is 5. The van der Waals surface area contributed by atoms with Crippen molar-refractivity contribution < 1.29 is 9.18 Å². The number of halogens is 1. The average molecular weight is 295 g/mol. The summed E-state index contributed by atoms with van der Waals surface area (Å²) in [7, 11) is 0. The smallest absolute Gasteiger partial charge is 0.230 e. The second kappa shape index (κ2) is 6.38. The third-order valence-electron chi connectivity index (χ3n) is 2.60. The van der Waals surface area contributed by atoms with Crippen molar-refractivity contribution in [3.05, 3.63) is 41.5 Å². The Morgan fingerprint density at radius 3 is 2.85 bits per heavy atom. The van der Waals surface area contributed by atoms with Crippen molar-refractivity contribution >= 4 is 17.7 Å². The van der Waals surface area contributed by atoms with E-state index in [2.05, 4.69) is 15.5 Å². The Bertz CT molecular complexity index is 616. The van der Waals surface area contributed by atoms with E-state index in [1.54, 1.807) is 25.1 Å². The lowest BCUT2D eigenvalue weighted by molar-refractivity contribution is -0.118. The molecule has 0 fully saturated rings. The minimum Gasteiger partial charge on any atom is -0.351 e. The molecule has 8 heteroatoms. The Hall–Kier alpha value is -2.09. The van der Waals surface area contributed by atoms with Crippen LogP contribution in [-0.2, 0) is 11.3 Å². The van der Waals surface area contributed by atoms with E-state index >= 15 is 0 Å². The topological polar surface area (TPSA) is 85.8 Å². The Labute approximate surface area is 119 Å². The van der Waals surface area contributed by atoms with Crippen LogP contribution in [0.2, 0.25) is 0 Å². The van der Waals surface area contributed by atoms with Gasteiger partial charge in [0.2, 0.25) is 11.1 Å². The zero-order valence-corrected chi connectivity index (χ0v) is 11.7. The zero-order chi connectivity index (χ0) is 14.5. The van der Waals surface area contributed by atoms with Gasteiger partial charge >= 0.3 is 0 Å². The van der Waals surface area contributed by atoms with E-state index in [4.69, 9.17) is 5.84 Å². The van der Waals surface area contributed by atoms with E-state index in [1.807, 2.05) is 0 Å². The summed E-state index contributed by atoms with van der Waals surface area (Å²) in [5.41, 5.74) is 0.448. The van der Waals surface area contributed by atoms with Crippen molar-refractivity contribution in [2.75, 3.05) is 11.6 Å². The average Bonchev–Trinajstić information content (AvgIpc) is 2.76. The summed E-state index contributed by atoms with van der Waals surface area (Å²) < 4.78 is 14.7. The van der Waals surface area contributed by atoms with E-state index < -0.39 is 0 Å². The standard InChI is InChI=1S/C12H14FN5OS/c1-8-16-17-12(18(8)14)20-7-11(19)15-6-9-4-2-3-5-10(9)13/h2-5H,6-7,14H2,1H3,(H,15,19). The molecule has 2 rings (SSSR count). The lowest BCUT2D eigenvalue weighted by atomic mass is 10.2. The molecule has 0 aliphatic carbocycles. The van der Waals surface area contributed by atoms with Crippen LogP contribution < -0.4 is 11.2 Å². The van der Waals surface area contributed by atoms with Gasteiger partial charge in [-0.15, -0.1) is 10.2 Å². The number of nitrogens with one attached hydrogen (secondary N) is 1. The van der Waals surface area contributed by atoms with Crippen LogP contribution in [0.15, 0.2) is 29.4 Å². The van der Waals surface area contributed by atoms with Gasteiger partial charge in [0.25, 0.3) is 0 Å². The zero-order valence-electron chi connectivity index (χ0n) is 10.8. The SMILES string of the molecule is Cc1nnc(SCC(=O)NCc2ccccc2F)n1N. The van der Waals surface area contributed by atoms with Gasteiger partial charge in [0, 0.05) is 12.1 Å². The predicted octanol–water partition coefficient (Wildman–Crippen LogP) is 0.848. The molecule has 6 nitrogen and oxygen atoms in total. The highest BCUT2D eigenvalue weighted by molar-refractivity contribution is 7.99. The molecule has 0 aliphatic rings. The van der Waals surface area contributed by atoms with Gasteiger partial charge in [0.1, 0.15) is 11.6 Å². The van der Waals surface area contributed by atoms with Crippen molar-refractivity contribution in [2.24, 2.45) is 0 Å². The fourth-order valence-corrected chi connectivity index (χ4v) is 2.20. The molecule has 0 saturated heterocycles. The van der Waals surface area contributed by atoms with Crippen molar-refractivity contribution in [3.63, 3.8) is 0 Å². The molecule has 20 heavy (non-hydrogen) atoms. The summed E-state index contributed by atoms with van der Waals surface area (Å²) in [6.45, 7) is 1.87. The molecule has 1 aromatic carbocycles. The van der Waals surface area contributed by atoms with Crippen LogP contribution in [0, 0.1) is 12.7 Å². The van der Waals surface area contributed by atoms with Crippen molar-refractivity contribution in [1.82, 2.24) is 20.2 Å². The number of hydrogen-bond acceptors (Lipinski definition) is 5. The third-order valence-corrected chi connectivity index (χ3v) is 3.54. The Kier molecular flexibility index (Phi) is 4.57. The number of carbonyl (C=O) groups excluding carboxylic acids is 1. The number of nitrogen functional groups attached to an aromatic ring is 1. The molecule has 106 valence electrons. The Morgan fingerprint density at radius 2 is 2.20 bits per heavy atom. The molecule has 3 N–H and O–H groups in total.